The minimum atomic E-state index is -4.57. The van der Waals surface area contributed by atoms with Gasteiger partial charge in [-0.2, -0.15) is 13.2 Å². The third kappa shape index (κ3) is 4.02. The molecule has 1 aromatic carbocycles. The highest BCUT2D eigenvalue weighted by Crippen LogP contribution is 2.40. The second-order valence-electron chi connectivity index (χ2n) is 6.57. The van der Waals surface area contributed by atoms with Crippen molar-refractivity contribution in [3.63, 3.8) is 0 Å². The predicted octanol–water partition coefficient (Wildman–Crippen LogP) is 2.81. The van der Waals surface area contributed by atoms with Crippen LogP contribution in [0.15, 0.2) is 18.2 Å². The number of benzene rings is 1. The molecule has 1 heterocycles. The van der Waals surface area contributed by atoms with Gasteiger partial charge in [-0.25, -0.2) is 4.39 Å². The standard InChI is InChI=1S/C16H22F4N2O/c1-15(2,10-23)14(22-7-5-21-6-8-22)12-4-3-11(9-13(12)17)16(18,19)20/h3-4,9,14,21,23H,5-8,10H2,1-2H3/t14-/m0/s1. The van der Waals surface area contributed by atoms with E-state index in [9.17, 15) is 22.7 Å². The van der Waals surface area contributed by atoms with E-state index < -0.39 is 29.0 Å². The van der Waals surface area contributed by atoms with E-state index in [1.807, 2.05) is 4.90 Å². The SMILES string of the molecule is CC(C)(CO)[C@H](c1ccc(C(F)(F)F)cc1F)N1CCNCC1. The Labute approximate surface area is 133 Å². The quantitative estimate of drug-likeness (QED) is 0.831. The summed E-state index contributed by atoms with van der Waals surface area (Å²) in [5.74, 6) is -0.884. The van der Waals surface area contributed by atoms with Gasteiger partial charge in [0.15, 0.2) is 0 Å². The van der Waals surface area contributed by atoms with Gasteiger partial charge in [-0.3, -0.25) is 4.90 Å². The van der Waals surface area contributed by atoms with Crippen molar-refractivity contribution in [3.8, 4) is 0 Å². The third-order valence-corrected chi connectivity index (χ3v) is 4.29. The lowest BCUT2D eigenvalue weighted by Gasteiger charge is -2.43. The van der Waals surface area contributed by atoms with Crippen molar-refractivity contribution < 1.29 is 22.7 Å². The molecular formula is C16H22F4N2O. The number of nitrogens with zero attached hydrogens (tertiary/aromatic N) is 1. The molecule has 7 heteroatoms. The number of alkyl halides is 3. The first-order valence-corrected chi connectivity index (χ1v) is 7.59. The topological polar surface area (TPSA) is 35.5 Å². The molecule has 1 aliphatic rings. The van der Waals surface area contributed by atoms with Crippen molar-refractivity contribution in [1.82, 2.24) is 10.2 Å². The van der Waals surface area contributed by atoms with Crippen molar-refractivity contribution in [1.29, 1.82) is 0 Å². The summed E-state index contributed by atoms with van der Waals surface area (Å²) >= 11 is 0. The van der Waals surface area contributed by atoms with Crippen LogP contribution in [0.4, 0.5) is 17.6 Å². The molecule has 0 radical (unpaired) electrons. The summed E-state index contributed by atoms with van der Waals surface area (Å²) in [6.07, 6.45) is -4.57. The summed E-state index contributed by atoms with van der Waals surface area (Å²) in [5, 5.41) is 12.9. The summed E-state index contributed by atoms with van der Waals surface area (Å²) in [4.78, 5) is 2.01. The minimum absolute atomic E-state index is 0.192. The molecule has 0 amide bonds. The van der Waals surface area contributed by atoms with Gasteiger partial charge in [-0.05, 0) is 12.1 Å². The smallest absolute Gasteiger partial charge is 0.396 e. The number of aliphatic hydroxyl groups is 1. The van der Waals surface area contributed by atoms with Gasteiger partial charge in [-0.1, -0.05) is 19.9 Å². The van der Waals surface area contributed by atoms with Crippen molar-refractivity contribution in [3.05, 3.63) is 35.1 Å². The zero-order valence-corrected chi connectivity index (χ0v) is 13.3. The Morgan fingerprint density at radius 1 is 1.22 bits per heavy atom. The molecule has 0 aromatic heterocycles. The maximum Gasteiger partial charge on any atom is 0.416 e. The van der Waals surface area contributed by atoms with E-state index >= 15 is 0 Å². The van der Waals surface area contributed by atoms with E-state index in [2.05, 4.69) is 5.32 Å². The fourth-order valence-corrected chi connectivity index (χ4v) is 3.06. The molecule has 3 nitrogen and oxygen atoms in total. The summed E-state index contributed by atoms with van der Waals surface area (Å²) < 4.78 is 52.6. The highest BCUT2D eigenvalue weighted by Gasteiger charge is 2.38. The van der Waals surface area contributed by atoms with E-state index in [0.29, 0.717) is 19.2 Å². The van der Waals surface area contributed by atoms with Crippen LogP contribution in [0.25, 0.3) is 0 Å². The molecule has 1 aromatic rings. The van der Waals surface area contributed by atoms with Crippen molar-refractivity contribution in [2.45, 2.75) is 26.1 Å². The molecule has 2 N–H and O–H groups in total. The second-order valence-corrected chi connectivity index (χ2v) is 6.57. The maximum atomic E-state index is 14.4. The van der Waals surface area contributed by atoms with Crippen molar-refractivity contribution in [2.24, 2.45) is 5.41 Å². The number of nitrogens with one attached hydrogen (secondary N) is 1. The molecule has 2 rings (SSSR count). The van der Waals surface area contributed by atoms with Crippen LogP contribution < -0.4 is 5.32 Å². The monoisotopic (exact) mass is 334 g/mol. The number of hydrogen-bond acceptors (Lipinski definition) is 3. The summed E-state index contributed by atoms with van der Waals surface area (Å²) in [6, 6.07) is 2.15. The number of rotatable bonds is 4. The Morgan fingerprint density at radius 3 is 2.30 bits per heavy atom. The zero-order valence-electron chi connectivity index (χ0n) is 13.3. The van der Waals surface area contributed by atoms with Crippen LogP contribution in [0.1, 0.15) is 31.0 Å². The lowest BCUT2D eigenvalue weighted by Crippen LogP contribution is -2.49. The largest absolute Gasteiger partial charge is 0.416 e. The summed E-state index contributed by atoms with van der Waals surface area (Å²) in [6.45, 7) is 6.12. The third-order valence-electron chi connectivity index (χ3n) is 4.29. The van der Waals surface area contributed by atoms with Gasteiger partial charge in [0.2, 0.25) is 0 Å². The lowest BCUT2D eigenvalue weighted by atomic mass is 9.79. The van der Waals surface area contributed by atoms with Gasteiger partial charge in [0, 0.05) is 49.8 Å². The Morgan fingerprint density at radius 2 is 1.83 bits per heavy atom. The van der Waals surface area contributed by atoms with E-state index in [-0.39, 0.29) is 12.2 Å². The van der Waals surface area contributed by atoms with Gasteiger partial charge in [0.25, 0.3) is 0 Å². The first-order valence-electron chi connectivity index (χ1n) is 7.59. The highest BCUT2D eigenvalue weighted by atomic mass is 19.4. The first-order chi connectivity index (χ1) is 10.7. The van der Waals surface area contributed by atoms with E-state index in [1.165, 1.54) is 6.07 Å². The summed E-state index contributed by atoms with van der Waals surface area (Å²) in [5.41, 5.74) is -1.49. The highest BCUT2D eigenvalue weighted by molar-refractivity contribution is 5.30. The summed E-state index contributed by atoms with van der Waals surface area (Å²) in [7, 11) is 0. The van der Waals surface area contributed by atoms with Crippen LogP contribution in [-0.2, 0) is 6.18 Å². The Hall–Kier alpha value is -1.18. The van der Waals surface area contributed by atoms with Crippen LogP contribution in [0.3, 0.4) is 0 Å². The normalized spacial score (nSPS) is 18.9. The van der Waals surface area contributed by atoms with E-state index in [0.717, 1.165) is 19.2 Å². The molecule has 1 fully saturated rings. The van der Waals surface area contributed by atoms with Crippen LogP contribution in [0.2, 0.25) is 0 Å². The van der Waals surface area contributed by atoms with Crippen LogP contribution in [-0.4, -0.2) is 42.8 Å². The average Bonchev–Trinajstić information content (AvgIpc) is 2.49. The molecule has 1 atom stereocenters. The molecule has 23 heavy (non-hydrogen) atoms. The number of hydrogen-bond donors (Lipinski definition) is 2. The molecule has 1 saturated heterocycles. The van der Waals surface area contributed by atoms with Crippen LogP contribution in [0, 0.1) is 11.2 Å². The Balaban J connectivity index is 2.43. The molecule has 0 saturated carbocycles. The molecule has 0 bridgehead atoms. The molecule has 0 spiro atoms. The van der Waals surface area contributed by atoms with Crippen LogP contribution in [0.5, 0.6) is 0 Å². The maximum absolute atomic E-state index is 14.4. The Kier molecular flexibility index (Phi) is 5.33. The Bertz CT molecular complexity index is 539. The molecule has 130 valence electrons. The minimum Gasteiger partial charge on any atom is -0.396 e. The van der Waals surface area contributed by atoms with Gasteiger partial charge in [-0.15, -0.1) is 0 Å². The molecule has 1 aliphatic heterocycles. The fraction of sp³-hybridized carbons (Fsp3) is 0.625. The first kappa shape index (κ1) is 18.2. The van der Waals surface area contributed by atoms with Crippen molar-refractivity contribution >= 4 is 0 Å². The lowest BCUT2D eigenvalue weighted by molar-refractivity contribution is -0.137. The number of piperazine rings is 1. The second kappa shape index (κ2) is 6.75. The number of aliphatic hydroxyl groups excluding tert-OH is 1. The average molecular weight is 334 g/mol. The van der Waals surface area contributed by atoms with Gasteiger partial charge < -0.3 is 10.4 Å². The van der Waals surface area contributed by atoms with Gasteiger partial charge in [0.1, 0.15) is 5.82 Å². The molecule has 0 aliphatic carbocycles. The fourth-order valence-electron chi connectivity index (χ4n) is 3.06. The van der Waals surface area contributed by atoms with Crippen LogP contribution >= 0.6 is 0 Å². The zero-order chi connectivity index (χ0) is 17.3. The van der Waals surface area contributed by atoms with Gasteiger partial charge in [0.05, 0.1) is 5.56 Å². The molecular weight excluding hydrogens is 312 g/mol. The van der Waals surface area contributed by atoms with Crippen molar-refractivity contribution in [2.75, 3.05) is 32.8 Å². The van der Waals surface area contributed by atoms with Gasteiger partial charge >= 0.3 is 6.18 Å². The molecule has 0 unspecified atom stereocenters. The number of halogens is 4. The predicted molar refractivity (Wildman–Crippen MR) is 79.5 cm³/mol. The van der Waals surface area contributed by atoms with E-state index in [4.69, 9.17) is 0 Å². The van der Waals surface area contributed by atoms with E-state index in [1.54, 1.807) is 13.8 Å².